The van der Waals surface area contributed by atoms with Crippen LogP contribution in [0, 0.1) is 0 Å². The van der Waals surface area contributed by atoms with Gasteiger partial charge in [-0.25, -0.2) is 4.98 Å². The number of halogens is 1. The zero-order valence-electron chi connectivity index (χ0n) is 17.7. The third kappa shape index (κ3) is 4.71. The quantitative estimate of drug-likeness (QED) is 0.340. The van der Waals surface area contributed by atoms with Crippen LogP contribution in [0.4, 0.5) is 5.13 Å². The molecular formula is C25H24BrN3O2S. The zero-order valence-corrected chi connectivity index (χ0v) is 20.1. The Hall–Kier alpha value is -2.32. The number of ether oxygens (including phenoxy) is 1. The second-order valence-electron chi connectivity index (χ2n) is 7.93. The summed E-state index contributed by atoms with van der Waals surface area (Å²) in [7, 11) is 0. The molecule has 1 amide bonds. The van der Waals surface area contributed by atoms with Crippen molar-refractivity contribution in [3.63, 3.8) is 0 Å². The topological polar surface area (TPSA) is 45.7 Å². The predicted molar refractivity (Wildman–Crippen MR) is 135 cm³/mol. The van der Waals surface area contributed by atoms with Crippen molar-refractivity contribution in [2.75, 3.05) is 44.3 Å². The monoisotopic (exact) mass is 509 g/mol. The van der Waals surface area contributed by atoms with Gasteiger partial charge in [0.1, 0.15) is 0 Å². The molecule has 0 saturated carbocycles. The molecule has 0 radical (unpaired) electrons. The Morgan fingerprint density at radius 3 is 2.72 bits per heavy atom. The van der Waals surface area contributed by atoms with E-state index in [1.54, 1.807) is 11.3 Å². The Bertz CT molecular complexity index is 1250. The van der Waals surface area contributed by atoms with E-state index in [4.69, 9.17) is 9.72 Å². The molecule has 0 spiro atoms. The highest BCUT2D eigenvalue weighted by Crippen LogP contribution is 2.32. The lowest BCUT2D eigenvalue weighted by Crippen LogP contribution is -2.39. The molecule has 1 aliphatic rings. The minimum absolute atomic E-state index is 0.00384. The van der Waals surface area contributed by atoms with Crippen LogP contribution in [-0.2, 0) is 4.74 Å². The second kappa shape index (κ2) is 9.67. The third-order valence-corrected chi connectivity index (χ3v) is 7.31. The van der Waals surface area contributed by atoms with E-state index in [-0.39, 0.29) is 5.91 Å². The average Bonchev–Trinajstić information content (AvgIpc) is 3.24. The van der Waals surface area contributed by atoms with Crippen molar-refractivity contribution >= 4 is 59.3 Å². The SMILES string of the molecule is O=C(c1ccc2ccccc2c1)N(CCCN1CCOCC1)c1nc2ccc(Br)cc2s1. The first-order chi connectivity index (χ1) is 15.7. The van der Waals surface area contributed by atoms with Crippen LogP contribution in [0.5, 0.6) is 0 Å². The van der Waals surface area contributed by atoms with E-state index < -0.39 is 0 Å². The van der Waals surface area contributed by atoms with Crippen LogP contribution in [0.2, 0.25) is 0 Å². The molecule has 0 atom stereocenters. The number of carbonyl (C=O) groups excluding carboxylic acids is 1. The summed E-state index contributed by atoms with van der Waals surface area (Å²) in [5.74, 6) is -0.00384. The fourth-order valence-electron chi connectivity index (χ4n) is 4.04. The van der Waals surface area contributed by atoms with Crippen molar-refractivity contribution in [2.24, 2.45) is 0 Å². The number of fused-ring (bicyclic) bond motifs is 2. The van der Waals surface area contributed by atoms with Crippen molar-refractivity contribution in [3.8, 4) is 0 Å². The first-order valence-electron chi connectivity index (χ1n) is 10.8. The maximum absolute atomic E-state index is 13.7. The molecule has 1 aromatic heterocycles. The van der Waals surface area contributed by atoms with E-state index in [0.717, 1.165) is 69.9 Å². The number of anilines is 1. The minimum Gasteiger partial charge on any atom is -0.379 e. The van der Waals surface area contributed by atoms with Gasteiger partial charge in [-0.2, -0.15) is 0 Å². The van der Waals surface area contributed by atoms with Crippen LogP contribution in [0.1, 0.15) is 16.8 Å². The molecule has 2 heterocycles. The first-order valence-corrected chi connectivity index (χ1v) is 12.5. The number of amides is 1. The van der Waals surface area contributed by atoms with E-state index in [9.17, 15) is 4.79 Å². The summed E-state index contributed by atoms with van der Waals surface area (Å²) in [4.78, 5) is 22.7. The Labute approximate surface area is 199 Å². The van der Waals surface area contributed by atoms with Crippen molar-refractivity contribution in [3.05, 3.63) is 70.7 Å². The molecule has 32 heavy (non-hydrogen) atoms. The summed E-state index contributed by atoms with van der Waals surface area (Å²) in [6.07, 6.45) is 0.888. The average molecular weight is 510 g/mol. The Balaban J connectivity index is 1.43. The lowest BCUT2D eigenvalue weighted by atomic mass is 10.1. The normalized spacial score (nSPS) is 14.8. The summed E-state index contributed by atoms with van der Waals surface area (Å²) in [5, 5.41) is 2.95. The number of nitrogens with zero attached hydrogens (tertiary/aromatic N) is 3. The number of morpholine rings is 1. The molecule has 1 aliphatic heterocycles. The van der Waals surface area contributed by atoms with Crippen LogP contribution in [0.3, 0.4) is 0 Å². The number of benzene rings is 3. The van der Waals surface area contributed by atoms with Gasteiger partial charge in [-0.15, -0.1) is 0 Å². The van der Waals surface area contributed by atoms with Crippen LogP contribution in [0.25, 0.3) is 21.0 Å². The standard InChI is InChI=1S/C25H24BrN3O2S/c26-21-8-9-22-23(17-21)32-25(27-22)29(11-3-10-28-12-14-31-15-13-28)24(30)20-7-6-18-4-1-2-5-19(18)16-20/h1-2,4-9,16-17H,3,10-15H2. The van der Waals surface area contributed by atoms with E-state index in [0.29, 0.717) is 12.1 Å². The highest BCUT2D eigenvalue weighted by Gasteiger charge is 2.22. The van der Waals surface area contributed by atoms with Crippen LogP contribution in [-0.4, -0.2) is 55.2 Å². The fraction of sp³-hybridized carbons (Fsp3) is 0.280. The largest absolute Gasteiger partial charge is 0.379 e. The van der Waals surface area contributed by atoms with Gasteiger partial charge in [0.25, 0.3) is 5.91 Å². The van der Waals surface area contributed by atoms with Gasteiger partial charge in [0, 0.05) is 36.2 Å². The molecule has 5 rings (SSSR count). The van der Waals surface area contributed by atoms with Crippen molar-refractivity contribution < 1.29 is 9.53 Å². The molecule has 1 fully saturated rings. The molecular weight excluding hydrogens is 486 g/mol. The molecule has 4 aromatic rings. The van der Waals surface area contributed by atoms with E-state index in [1.165, 1.54) is 0 Å². The van der Waals surface area contributed by atoms with Gasteiger partial charge in [0.05, 0.1) is 23.4 Å². The molecule has 164 valence electrons. The number of rotatable bonds is 6. The smallest absolute Gasteiger partial charge is 0.260 e. The van der Waals surface area contributed by atoms with Gasteiger partial charge >= 0.3 is 0 Å². The lowest BCUT2D eigenvalue weighted by molar-refractivity contribution is 0.0376. The number of aromatic nitrogens is 1. The highest BCUT2D eigenvalue weighted by atomic mass is 79.9. The Kier molecular flexibility index (Phi) is 6.50. The second-order valence-corrected chi connectivity index (χ2v) is 9.86. The number of thiazole rings is 1. The van der Waals surface area contributed by atoms with Crippen molar-refractivity contribution in [2.45, 2.75) is 6.42 Å². The van der Waals surface area contributed by atoms with Gasteiger partial charge < -0.3 is 4.74 Å². The van der Waals surface area contributed by atoms with Crippen LogP contribution >= 0.6 is 27.3 Å². The molecule has 7 heteroatoms. The number of carbonyl (C=O) groups is 1. The van der Waals surface area contributed by atoms with Gasteiger partial charge in [-0.1, -0.05) is 57.6 Å². The summed E-state index contributed by atoms with van der Waals surface area (Å²) < 4.78 is 7.53. The zero-order chi connectivity index (χ0) is 21.9. The van der Waals surface area contributed by atoms with Crippen molar-refractivity contribution in [1.29, 1.82) is 0 Å². The lowest BCUT2D eigenvalue weighted by Gasteiger charge is -2.27. The van der Waals surface area contributed by atoms with E-state index in [1.807, 2.05) is 53.4 Å². The molecule has 5 nitrogen and oxygen atoms in total. The molecule has 1 saturated heterocycles. The molecule has 3 aromatic carbocycles. The summed E-state index contributed by atoms with van der Waals surface area (Å²) in [5.41, 5.74) is 1.60. The van der Waals surface area contributed by atoms with Crippen molar-refractivity contribution in [1.82, 2.24) is 9.88 Å². The predicted octanol–water partition coefficient (Wildman–Crippen LogP) is 5.58. The van der Waals surface area contributed by atoms with Crippen LogP contribution < -0.4 is 4.90 Å². The molecule has 0 aliphatic carbocycles. The fourth-order valence-corrected chi connectivity index (χ4v) is 5.58. The summed E-state index contributed by atoms with van der Waals surface area (Å²) in [6.45, 7) is 5.05. The Morgan fingerprint density at radius 1 is 1.06 bits per heavy atom. The van der Waals surface area contributed by atoms with Crippen LogP contribution in [0.15, 0.2) is 65.1 Å². The third-order valence-electron chi connectivity index (χ3n) is 5.77. The number of hydrogen-bond acceptors (Lipinski definition) is 5. The van der Waals surface area contributed by atoms with E-state index in [2.05, 4.69) is 33.0 Å². The number of hydrogen-bond donors (Lipinski definition) is 0. The minimum atomic E-state index is -0.00384. The van der Waals surface area contributed by atoms with Gasteiger partial charge in [-0.3, -0.25) is 14.6 Å². The molecule has 0 bridgehead atoms. The molecule has 0 unspecified atom stereocenters. The highest BCUT2D eigenvalue weighted by molar-refractivity contribution is 9.10. The van der Waals surface area contributed by atoms with E-state index >= 15 is 0 Å². The van der Waals surface area contributed by atoms with Gasteiger partial charge in [0.15, 0.2) is 5.13 Å². The first kappa shape index (κ1) is 21.5. The maximum atomic E-state index is 13.7. The Morgan fingerprint density at radius 2 is 1.88 bits per heavy atom. The van der Waals surface area contributed by atoms with Gasteiger partial charge in [0.2, 0.25) is 0 Å². The van der Waals surface area contributed by atoms with Gasteiger partial charge in [-0.05, 0) is 47.5 Å². The maximum Gasteiger partial charge on any atom is 0.260 e. The summed E-state index contributed by atoms with van der Waals surface area (Å²) in [6, 6.07) is 20.1. The molecule has 0 N–H and O–H groups in total. The summed E-state index contributed by atoms with van der Waals surface area (Å²) >= 11 is 5.10.